The van der Waals surface area contributed by atoms with Crippen molar-refractivity contribution in [3.8, 4) is 28.3 Å². The van der Waals surface area contributed by atoms with Crippen LogP contribution in [0.3, 0.4) is 0 Å². The molecule has 1 N–H and O–H groups in total. The van der Waals surface area contributed by atoms with E-state index >= 15 is 0 Å². The third-order valence-electron chi connectivity index (χ3n) is 5.78. The standard InChI is InChI=1S/C23H20B2FN7O2/c1-12-17-8-15(26)4-5-16(17)20-18(30-32(3)31-20)6-13-10-29-33(23(2,24)25)21(13)14-7-19(35-12)22(27-9-14)28-11-34/h4-5,7-12H,6H2,1-3H3,(H,27,28,34)/t12-/m1/s1. The monoisotopic (exact) mass is 467 g/mol. The van der Waals surface area contributed by atoms with Crippen molar-refractivity contribution in [3.63, 3.8) is 0 Å². The number of halogens is 1. The predicted molar refractivity (Wildman–Crippen MR) is 129 cm³/mol. The van der Waals surface area contributed by atoms with Crippen LogP contribution >= 0.6 is 0 Å². The summed E-state index contributed by atoms with van der Waals surface area (Å²) in [4.78, 5) is 17.1. The van der Waals surface area contributed by atoms with Crippen LogP contribution in [-0.2, 0) is 23.6 Å². The van der Waals surface area contributed by atoms with Crippen LogP contribution < -0.4 is 10.1 Å². The van der Waals surface area contributed by atoms with Gasteiger partial charge in [0.2, 0.25) is 6.41 Å². The smallest absolute Gasteiger partial charge is 0.212 e. The number of amides is 1. The van der Waals surface area contributed by atoms with E-state index in [-0.39, 0.29) is 11.6 Å². The number of benzene rings is 1. The first-order chi connectivity index (χ1) is 16.7. The van der Waals surface area contributed by atoms with E-state index in [9.17, 15) is 9.18 Å². The van der Waals surface area contributed by atoms with Crippen LogP contribution in [0.25, 0.3) is 22.5 Å². The summed E-state index contributed by atoms with van der Waals surface area (Å²) in [6.45, 7) is 3.41. The first-order valence-electron chi connectivity index (χ1n) is 10.9. The van der Waals surface area contributed by atoms with Gasteiger partial charge in [-0.1, -0.05) is 6.92 Å². The van der Waals surface area contributed by atoms with Crippen LogP contribution in [0.4, 0.5) is 10.2 Å². The number of aromatic nitrogens is 6. The number of hydrogen-bond donors (Lipinski definition) is 1. The fraction of sp³-hybridized carbons (Fsp3) is 0.261. The van der Waals surface area contributed by atoms with Gasteiger partial charge in [0.05, 0.1) is 33.3 Å². The first-order valence-corrected chi connectivity index (χ1v) is 10.9. The Bertz CT molecular complexity index is 1440. The molecule has 5 rings (SSSR count). The molecule has 1 amide bonds. The van der Waals surface area contributed by atoms with Gasteiger partial charge in [0.25, 0.3) is 0 Å². The third kappa shape index (κ3) is 4.09. The fourth-order valence-electron chi connectivity index (χ4n) is 4.31. The summed E-state index contributed by atoms with van der Waals surface area (Å²) in [7, 11) is 14.2. The summed E-state index contributed by atoms with van der Waals surface area (Å²) in [6, 6.07) is 6.15. The maximum atomic E-state index is 14.3. The van der Waals surface area contributed by atoms with Gasteiger partial charge < -0.3 is 10.1 Å². The second-order valence-electron chi connectivity index (χ2n) is 8.64. The van der Waals surface area contributed by atoms with Crippen molar-refractivity contribution < 1.29 is 13.9 Å². The lowest BCUT2D eigenvalue weighted by Gasteiger charge is -2.25. The molecule has 1 aromatic carbocycles. The maximum Gasteiger partial charge on any atom is 0.212 e. The van der Waals surface area contributed by atoms with Crippen molar-refractivity contribution in [3.05, 3.63) is 59.3 Å². The molecule has 4 aromatic rings. The maximum absolute atomic E-state index is 14.3. The van der Waals surface area contributed by atoms with Crippen LogP contribution in [0.15, 0.2) is 36.7 Å². The minimum absolute atomic E-state index is 0.210. The van der Waals surface area contributed by atoms with Crippen molar-refractivity contribution in [2.75, 3.05) is 5.32 Å². The Morgan fingerprint density at radius 2 is 2.06 bits per heavy atom. The predicted octanol–water partition coefficient (Wildman–Crippen LogP) is 2.46. The zero-order chi connectivity index (χ0) is 24.9. The lowest BCUT2D eigenvalue weighted by Crippen LogP contribution is -2.32. The fourth-order valence-corrected chi connectivity index (χ4v) is 4.31. The molecule has 0 fully saturated rings. The van der Waals surface area contributed by atoms with Crippen LogP contribution in [-0.4, -0.2) is 51.9 Å². The second-order valence-corrected chi connectivity index (χ2v) is 8.64. The van der Waals surface area contributed by atoms with Crippen molar-refractivity contribution in [2.24, 2.45) is 7.05 Å². The molecule has 0 saturated heterocycles. The van der Waals surface area contributed by atoms with E-state index in [2.05, 4.69) is 25.6 Å². The molecule has 4 radical (unpaired) electrons. The number of carbonyl (C=O) groups is 1. The summed E-state index contributed by atoms with van der Waals surface area (Å²) >= 11 is 0. The Morgan fingerprint density at radius 3 is 2.80 bits per heavy atom. The van der Waals surface area contributed by atoms with Gasteiger partial charge in [-0.3, -0.25) is 9.48 Å². The van der Waals surface area contributed by atoms with E-state index in [1.165, 1.54) is 21.6 Å². The van der Waals surface area contributed by atoms with Crippen molar-refractivity contribution in [1.82, 2.24) is 29.8 Å². The zero-order valence-electron chi connectivity index (χ0n) is 19.4. The van der Waals surface area contributed by atoms with E-state index in [0.717, 1.165) is 5.56 Å². The number of rotatable bonds is 3. The van der Waals surface area contributed by atoms with E-state index < -0.39 is 17.3 Å². The number of carbonyl (C=O) groups excluding carboxylic acids is 1. The Labute approximate surface area is 203 Å². The van der Waals surface area contributed by atoms with Gasteiger partial charge in [-0.15, -0.1) is 0 Å². The SMILES string of the molecule is [B]C([B])(C)n1ncc2c1-c1cnc(NC=O)c(c1)O[C@H](C)c1cc(F)ccc1-c1nn(C)nc1C2. The minimum atomic E-state index is -1.31. The minimum Gasteiger partial charge on any atom is -0.482 e. The van der Waals surface area contributed by atoms with E-state index in [4.69, 9.17) is 20.4 Å². The van der Waals surface area contributed by atoms with Gasteiger partial charge in [-0.2, -0.15) is 20.1 Å². The molecule has 0 unspecified atom stereocenters. The molecule has 0 spiro atoms. The van der Waals surface area contributed by atoms with Crippen LogP contribution in [0.1, 0.15) is 36.8 Å². The number of anilines is 1. The number of hydrogen-bond acceptors (Lipinski definition) is 6. The van der Waals surface area contributed by atoms with Crippen molar-refractivity contribution >= 4 is 27.9 Å². The quantitative estimate of drug-likeness (QED) is 0.367. The van der Waals surface area contributed by atoms with Gasteiger partial charge in [-0.25, -0.2) is 9.37 Å². The van der Waals surface area contributed by atoms with Crippen LogP contribution in [0.2, 0.25) is 0 Å². The molecule has 35 heavy (non-hydrogen) atoms. The summed E-state index contributed by atoms with van der Waals surface area (Å²) in [6.07, 6.45) is 3.48. The molecule has 172 valence electrons. The summed E-state index contributed by atoms with van der Waals surface area (Å²) in [5, 5.41) is 14.8. The molecule has 1 aliphatic rings. The molecule has 4 heterocycles. The lowest BCUT2D eigenvalue weighted by molar-refractivity contribution is -0.105. The van der Waals surface area contributed by atoms with Crippen LogP contribution in [0.5, 0.6) is 5.75 Å². The molecule has 1 aliphatic heterocycles. The lowest BCUT2D eigenvalue weighted by atomic mass is 9.63. The molecule has 9 nitrogen and oxygen atoms in total. The zero-order valence-corrected chi connectivity index (χ0v) is 19.4. The molecule has 2 bridgehead atoms. The van der Waals surface area contributed by atoms with Crippen molar-refractivity contribution in [1.29, 1.82) is 0 Å². The highest BCUT2D eigenvalue weighted by Gasteiger charge is 2.27. The Morgan fingerprint density at radius 1 is 1.26 bits per heavy atom. The Balaban J connectivity index is 1.82. The normalized spacial score (nSPS) is 15.0. The largest absolute Gasteiger partial charge is 0.482 e. The second kappa shape index (κ2) is 8.37. The van der Waals surface area contributed by atoms with Gasteiger partial charge >= 0.3 is 0 Å². The average molecular weight is 467 g/mol. The van der Waals surface area contributed by atoms with E-state index in [0.29, 0.717) is 46.6 Å². The summed E-state index contributed by atoms with van der Waals surface area (Å²) in [5.74, 6) is 0.0805. The van der Waals surface area contributed by atoms with E-state index in [1.54, 1.807) is 45.4 Å². The summed E-state index contributed by atoms with van der Waals surface area (Å²) < 4.78 is 22.1. The third-order valence-corrected chi connectivity index (χ3v) is 5.78. The highest BCUT2D eigenvalue weighted by Crippen LogP contribution is 2.39. The Hall–Kier alpha value is -3.95. The van der Waals surface area contributed by atoms with Gasteiger partial charge in [-0.05, 0) is 36.5 Å². The highest BCUT2D eigenvalue weighted by atomic mass is 19.1. The number of pyridine rings is 1. The van der Waals surface area contributed by atoms with Crippen molar-refractivity contribution in [2.45, 2.75) is 31.7 Å². The molecular formula is C23H20B2FN7O2. The molecule has 1 atom stereocenters. The topological polar surface area (TPSA) is 99.8 Å². The van der Waals surface area contributed by atoms with Gasteiger partial charge in [0, 0.05) is 41.9 Å². The molecule has 0 aliphatic carbocycles. The number of nitrogens with one attached hydrogen (secondary N) is 1. The number of nitrogens with zero attached hydrogens (tertiary/aromatic N) is 6. The molecule has 12 heteroatoms. The first kappa shape index (κ1) is 22.8. The molecular weight excluding hydrogens is 447 g/mol. The molecule has 0 saturated carbocycles. The number of ether oxygens (including phenoxy) is 1. The van der Waals surface area contributed by atoms with E-state index in [1.807, 2.05) is 0 Å². The molecule has 3 aromatic heterocycles. The number of aryl methyl sites for hydroxylation is 1. The van der Waals surface area contributed by atoms with Gasteiger partial charge in [0.1, 0.15) is 17.6 Å². The summed E-state index contributed by atoms with van der Waals surface area (Å²) in [5.41, 5.74) is 4.51. The van der Waals surface area contributed by atoms with Gasteiger partial charge in [0.15, 0.2) is 11.6 Å². The Kier molecular flexibility index (Phi) is 5.46. The highest BCUT2D eigenvalue weighted by molar-refractivity contribution is 6.37. The number of fused-ring (bicyclic) bond motifs is 7. The average Bonchev–Trinajstić information content (AvgIpc) is 3.38. The van der Waals surface area contributed by atoms with Crippen LogP contribution in [0, 0.1) is 5.82 Å².